The lowest BCUT2D eigenvalue weighted by molar-refractivity contribution is -0.274. The Morgan fingerprint density at radius 2 is 1.75 bits per heavy atom. The summed E-state index contributed by atoms with van der Waals surface area (Å²) < 4.78 is 50.5. The molecule has 20 heavy (non-hydrogen) atoms. The quantitative estimate of drug-likeness (QED) is 0.799. The molecule has 0 aromatic heterocycles. The van der Waals surface area contributed by atoms with Gasteiger partial charge in [0.25, 0.3) is 0 Å². The first-order valence-electron chi connectivity index (χ1n) is 6.16. The molecule has 0 aliphatic heterocycles. The number of nitrogens with one attached hydrogen (secondary N) is 1. The van der Waals surface area contributed by atoms with Gasteiger partial charge in [-0.05, 0) is 30.8 Å². The van der Waals surface area contributed by atoms with Gasteiger partial charge in [0, 0.05) is 13.7 Å². The van der Waals surface area contributed by atoms with E-state index < -0.39 is 6.36 Å². The summed E-state index contributed by atoms with van der Waals surface area (Å²) in [7, 11) is 1.56. The first-order valence-corrected chi connectivity index (χ1v) is 6.16. The summed E-state index contributed by atoms with van der Waals surface area (Å²) >= 11 is 0. The van der Waals surface area contributed by atoms with Crippen LogP contribution in [0.15, 0.2) is 24.3 Å². The molecule has 1 N–H and O–H groups in total. The third-order valence-corrected chi connectivity index (χ3v) is 2.33. The number of alkyl halides is 3. The zero-order chi connectivity index (χ0) is 15.0. The van der Waals surface area contributed by atoms with Gasteiger partial charge in [-0.2, -0.15) is 0 Å². The summed E-state index contributed by atoms with van der Waals surface area (Å²) in [5.41, 5.74) is 0. The highest BCUT2D eigenvalue weighted by atomic mass is 19.4. The number of halogens is 3. The molecular weight excluding hydrogens is 275 g/mol. The van der Waals surface area contributed by atoms with E-state index in [0.29, 0.717) is 18.9 Å². The topological polar surface area (TPSA) is 39.7 Å². The second-order valence-electron chi connectivity index (χ2n) is 4.02. The number of likely N-dealkylation sites (N-methyl/N-ethyl adjacent to an activating group) is 1. The first-order chi connectivity index (χ1) is 9.44. The summed E-state index contributed by atoms with van der Waals surface area (Å²) in [6.07, 6.45) is -4.90. The zero-order valence-corrected chi connectivity index (χ0v) is 11.4. The normalized spacial score (nSPS) is 13.1. The first kappa shape index (κ1) is 16.6. The third-order valence-electron chi connectivity index (χ3n) is 2.33. The smallest absolute Gasteiger partial charge is 0.487 e. The molecule has 1 rings (SSSR count). The molecule has 1 aromatic rings. The largest absolute Gasteiger partial charge is 0.573 e. The molecule has 1 aromatic carbocycles. The minimum Gasteiger partial charge on any atom is -0.487 e. The fourth-order valence-electron chi connectivity index (χ4n) is 1.54. The molecule has 0 aliphatic rings. The van der Waals surface area contributed by atoms with Crippen molar-refractivity contribution in [3.05, 3.63) is 24.3 Å². The molecule has 0 fully saturated rings. The molecule has 0 saturated carbocycles. The molecule has 1 atom stereocenters. The minimum absolute atomic E-state index is 0.214. The maximum atomic E-state index is 12.0. The van der Waals surface area contributed by atoms with Gasteiger partial charge < -0.3 is 19.5 Å². The molecule has 0 aliphatic carbocycles. The molecule has 7 heteroatoms. The van der Waals surface area contributed by atoms with E-state index in [2.05, 4.69) is 10.1 Å². The summed E-state index contributed by atoms with van der Waals surface area (Å²) in [4.78, 5) is 0. The molecule has 0 amide bonds. The van der Waals surface area contributed by atoms with Gasteiger partial charge in [0.15, 0.2) is 0 Å². The second-order valence-corrected chi connectivity index (χ2v) is 4.02. The van der Waals surface area contributed by atoms with E-state index in [0.717, 1.165) is 6.54 Å². The summed E-state index contributed by atoms with van der Waals surface area (Å²) in [6, 6.07) is 5.27. The molecule has 1 unspecified atom stereocenters. The lowest BCUT2D eigenvalue weighted by Gasteiger charge is -2.19. The number of methoxy groups -OCH3 is 1. The number of rotatable bonds is 8. The van der Waals surface area contributed by atoms with Gasteiger partial charge in [0.1, 0.15) is 17.6 Å². The monoisotopic (exact) mass is 293 g/mol. The fourth-order valence-corrected chi connectivity index (χ4v) is 1.54. The van der Waals surface area contributed by atoms with Crippen LogP contribution < -0.4 is 14.8 Å². The Balaban J connectivity index is 2.58. The van der Waals surface area contributed by atoms with Crippen LogP contribution in [0, 0.1) is 0 Å². The SMILES string of the molecule is CCNCC(COC)Oc1ccc(OC(F)(F)F)cc1. The number of benzene rings is 1. The maximum Gasteiger partial charge on any atom is 0.573 e. The van der Waals surface area contributed by atoms with Crippen LogP contribution in [-0.4, -0.2) is 39.3 Å². The van der Waals surface area contributed by atoms with E-state index in [1.54, 1.807) is 7.11 Å². The molecule has 0 bridgehead atoms. The van der Waals surface area contributed by atoms with Gasteiger partial charge in [-0.15, -0.1) is 13.2 Å². The molecule has 114 valence electrons. The van der Waals surface area contributed by atoms with Crippen LogP contribution >= 0.6 is 0 Å². The Morgan fingerprint density at radius 3 is 2.25 bits per heavy atom. The summed E-state index contributed by atoms with van der Waals surface area (Å²) in [5.74, 6) is 0.180. The average Bonchev–Trinajstić information content (AvgIpc) is 2.37. The highest BCUT2D eigenvalue weighted by Crippen LogP contribution is 2.25. The highest BCUT2D eigenvalue weighted by Gasteiger charge is 2.31. The lowest BCUT2D eigenvalue weighted by atomic mass is 10.3. The maximum absolute atomic E-state index is 12.0. The fraction of sp³-hybridized carbons (Fsp3) is 0.538. The summed E-state index contributed by atoms with van der Waals surface area (Å²) in [6.45, 7) is 3.73. The van der Waals surface area contributed by atoms with Crippen LogP contribution in [0.3, 0.4) is 0 Å². The van der Waals surface area contributed by atoms with Crippen LogP contribution in [-0.2, 0) is 4.74 Å². The van der Waals surface area contributed by atoms with Crippen molar-refractivity contribution < 1.29 is 27.4 Å². The summed E-state index contributed by atoms with van der Waals surface area (Å²) in [5, 5.41) is 3.12. The Labute approximate surface area is 115 Å². The molecular formula is C13H18F3NO3. The molecule has 0 spiro atoms. The predicted molar refractivity (Wildman–Crippen MR) is 68.0 cm³/mol. The van der Waals surface area contributed by atoms with E-state index in [4.69, 9.17) is 9.47 Å². The number of hydrogen-bond acceptors (Lipinski definition) is 4. The second kappa shape index (κ2) is 7.96. The van der Waals surface area contributed by atoms with Crippen LogP contribution in [0.2, 0.25) is 0 Å². The number of hydrogen-bond donors (Lipinski definition) is 1. The van der Waals surface area contributed by atoms with Gasteiger partial charge in [0.2, 0.25) is 0 Å². The van der Waals surface area contributed by atoms with E-state index in [-0.39, 0.29) is 11.9 Å². The van der Waals surface area contributed by atoms with E-state index in [9.17, 15) is 13.2 Å². The highest BCUT2D eigenvalue weighted by molar-refractivity contribution is 5.31. The van der Waals surface area contributed by atoms with Crippen molar-refractivity contribution in [1.82, 2.24) is 5.32 Å². The Kier molecular flexibility index (Phi) is 6.60. The average molecular weight is 293 g/mol. The molecule has 0 radical (unpaired) electrons. The van der Waals surface area contributed by atoms with Crippen molar-refractivity contribution in [2.75, 3.05) is 26.8 Å². The predicted octanol–water partition coefficient (Wildman–Crippen LogP) is 2.59. The molecule has 0 saturated heterocycles. The minimum atomic E-state index is -4.69. The van der Waals surface area contributed by atoms with Gasteiger partial charge in [-0.1, -0.05) is 6.92 Å². The Bertz CT molecular complexity index is 381. The van der Waals surface area contributed by atoms with Gasteiger partial charge >= 0.3 is 6.36 Å². The molecule has 4 nitrogen and oxygen atoms in total. The van der Waals surface area contributed by atoms with Gasteiger partial charge in [-0.3, -0.25) is 0 Å². The standard InChI is InChI=1S/C13H18F3NO3/c1-3-17-8-12(9-18-2)19-10-4-6-11(7-5-10)20-13(14,15)16/h4-7,12,17H,3,8-9H2,1-2H3. The van der Waals surface area contributed by atoms with E-state index >= 15 is 0 Å². The van der Waals surface area contributed by atoms with Crippen molar-refractivity contribution >= 4 is 0 Å². The van der Waals surface area contributed by atoms with Gasteiger partial charge in [-0.25, -0.2) is 0 Å². The van der Waals surface area contributed by atoms with Crippen LogP contribution in [0.5, 0.6) is 11.5 Å². The van der Waals surface area contributed by atoms with E-state index in [1.165, 1.54) is 24.3 Å². The van der Waals surface area contributed by atoms with Crippen LogP contribution in [0.4, 0.5) is 13.2 Å². The van der Waals surface area contributed by atoms with Crippen molar-refractivity contribution in [2.45, 2.75) is 19.4 Å². The molecule has 0 heterocycles. The zero-order valence-electron chi connectivity index (χ0n) is 11.4. The van der Waals surface area contributed by atoms with Crippen LogP contribution in [0.1, 0.15) is 6.92 Å². The lowest BCUT2D eigenvalue weighted by Crippen LogP contribution is -2.34. The third kappa shape index (κ3) is 6.63. The van der Waals surface area contributed by atoms with Crippen LogP contribution in [0.25, 0.3) is 0 Å². The van der Waals surface area contributed by atoms with E-state index in [1.807, 2.05) is 6.92 Å². The van der Waals surface area contributed by atoms with Crippen molar-refractivity contribution in [3.63, 3.8) is 0 Å². The number of ether oxygens (including phenoxy) is 3. The van der Waals surface area contributed by atoms with Gasteiger partial charge in [0.05, 0.1) is 6.61 Å². The van der Waals surface area contributed by atoms with Crippen molar-refractivity contribution in [3.8, 4) is 11.5 Å². The van der Waals surface area contributed by atoms with Crippen molar-refractivity contribution in [2.24, 2.45) is 0 Å². The Hall–Kier alpha value is -1.47. The van der Waals surface area contributed by atoms with Crippen molar-refractivity contribution in [1.29, 1.82) is 0 Å². The Morgan fingerprint density at radius 1 is 1.15 bits per heavy atom.